The predicted octanol–water partition coefficient (Wildman–Crippen LogP) is 2.76. The molecule has 1 atom stereocenters. The number of nitrogens with zero attached hydrogens (tertiary/aromatic N) is 1. The molecule has 3 rings (SSSR count). The van der Waals surface area contributed by atoms with Crippen molar-refractivity contribution in [1.29, 1.82) is 0 Å². The molecular weight excluding hydrogens is 292 g/mol. The van der Waals surface area contributed by atoms with E-state index in [4.69, 9.17) is 11.6 Å². The molecular formula is C15H15ClN2O3. The van der Waals surface area contributed by atoms with E-state index in [1.54, 1.807) is 30.0 Å². The molecule has 1 unspecified atom stereocenters. The molecule has 2 N–H and O–H groups in total. The molecule has 0 saturated carbocycles. The highest BCUT2D eigenvalue weighted by Crippen LogP contribution is 2.31. The number of aromatic nitrogens is 1. The number of carboxylic acids is 1. The molecule has 0 bridgehead atoms. The molecule has 0 radical (unpaired) electrons. The minimum Gasteiger partial charge on any atom is -0.481 e. The van der Waals surface area contributed by atoms with Crippen LogP contribution in [0.4, 0.5) is 0 Å². The van der Waals surface area contributed by atoms with Crippen LogP contribution in [0.25, 0.3) is 10.9 Å². The van der Waals surface area contributed by atoms with Crippen molar-refractivity contribution in [3.8, 4) is 0 Å². The number of fused-ring (bicyclic) bond motifs is 1. The van der Waals surface area contributed by atoms with E-state index in [1.165, 1.54) is 0 Å². The van der Waals surface area contributed by atoms with Crippen LogP contribution in [0.15, 0.2) is 24.3 Å². The number of nitrogens with one attached hydrogen (secondary N) is 1. The van der Waals surface area contributed by atoms with Gasteiger partial charge >= 0.3 is 5.97 Å². The van der Waals surface area contributed by atoms with Crippen molar-refractivity contribution in [2.24, 2.45) is 5.41 Å². The first kappa shape index (κ1) is 13.9. The van der Waals surface area contributed by atoms with E-state index in [2.05, 4.69) is 4.98 Å². The molecule has 0 aliphatic carbocycles. The lowest BCUT2D eigenvalue weighted by atomic mass is 9.90. The standard InChI is InChI=1S/C15H15ClN2O3/c1-15(14(20)21)4-5-18(8-15)13(19)12-6-9-2-3-10(16)7-11(9)17-12/h2-3,6-7,17H,4-5,8H2,1H3,(H,20,21). The van der Waals surface area contributed by atoms with Crippen molar-refractivity contribution in [3.63, 3.8) is 0 Å². The van der Waals surface area contributed by atoms with Gasteiger partial charge in [0.25, 0.3) is 5.91 Å². The molecule has 1 fully saturated rings. The van der Waals surface area contributed by atoms with E-state index in [9.17, 15) is 14.7 Å². The maximum absolute atomic E-state index is 12.5. The average molecular weight is 307 g/mol. The van der Waals surface area contributed by atoms with Crippen molar-refractivity contribution in [2.45, 2.75) is 13.3 Å². The van der Waals surface area contributed by atoms with E-state index in [0.29, 0.717) is 23.7 Å². The quantitative estimate of drug-likeness (QED) is 0.896. The number of hydrogen-bond donors (Lipinski definition) is 2. The Bertz CT molecular complexity index is 740. The van der Waals surface area contributed by atoms with Gasteiger partial charge in [-0.05, 0) is 31.5 Å². The molecule has 110 valence electrons. The molecule has 1 aromatic carbocycles. The number of aliphatic carboxylic acids is 1. The van der Waals surface area contributed by atoms with Gasteiger partial charge in [0.2, 0.25) is 0 Å². The maximum atomic E-state index is 12.5. The van der Waals surface area contributed by atoms with E-state index >= 15 is 0 Å². The second-order valence-corrected chi connectivity index (χ2v) is 6.19. The summed E-state index contributed by atoms with van der Waals surface area (Å²) >= 11 is 5.93. The van der Waals surface area contributed by atoms with Gasteiger partial charge in [0, 0.05) is 29.0 Å². The zero-order valence-corrected chi connectivity index (χ0v) is 12.3. The number of carbonyl (C=O) groups is 2. The number of likely N-dealkylation sites (tertiary alicyclic amines) is 1. The molecule has 1 saturated heterocycles. The highest BCUT2D eigenvalue weighted by Gasteiger charge is 2.42. The molecule has 21 heavy (non-hydrogen) atoms. The number of H-pyrrole nitrogens is 1. The lowest BCUT2D eigenvalue weighted by Crippen LogP contribution is -2.35. The number of hydrogen-bond acceptors (Lipinski definition) is 2. The van der Waals surface area contributed by atoms with Crippen molar-refractivity contribution in [3.05, 3.63) is 35.0 Å². The number of aromatic amines is 1. The fraction of sp³-hybridized carbons (Fsp3) is 0.333. The number of carbonyl (C=O) groups excluding carboxylic acids is 1. The Labute approximate surface area is 126 Å². The smallest absolute Gasteiger partial charge is 0.311 e. The first-order valence-electron chi connectivity index (χ1n) is 6.70. The van der Waals surface area contributed by atoms with Crippen molar-refractivity contribution >= 4 is 34.4 Å². The maximum Gasteiger partial charge on any atom is 0.311 e. The van der Waals surface area contributed by atoms with Gasteiger partial charge in [-0.2, -0.15) is 0 Å². The largest absolute Gasteiger partial charge is 0.481 e. The summed E-state index contributed by atoms with van der Waals surface area (Å²) in [7, 11) is 0. The summed E-state index contributed by atoms with van der Waals surface area (Å²) < 4.78 is 0. The van der Waals surface area contributed by atoms with E-state index in [0.717, 1.165) is 10.9 Å². The van der Waals surface area contributed by atoms with Crippen LogP contribution in [0.1, 0.15) is 23.8 Å². The summed E-state index contributed by atoms with van der Waals surface area (Å²) in [4.78, 5) is 28.4. The van der Waals surface area contributed by atoms with Crippen LogP contribution in [0.2, 0.25) is 5.02 Å². The lowest BCUT2D eigenvalue weighted by Gasteiger charge is -2.19. The zero-order chi connectivity index (χ0) is 15.2. The minimum atomic E-state index is -0.860. The summed E-state index contributed by atoms with van der Waals surface area (Å²) in [5.74, 6) is -1.03. The summed E-state index contributed by atoms with van der Waals surface area (Å²) in [6.07, 6.45) is 0.472. The summed E-state index contributed by atoms with van der Waals surface area (Å²) in [6, 6.07) is 7.14. The number of halogens is 1. The Balaban J connectivity index is 1.86. The Morgan fingerprint density at radius 1 is 1.38 bits per heavy atom. The third-order valence-electron chi connectivity index (χ3n) is 4.09. The molecule has 2 heterocycles. The molecule has 1 aliphatic heterocycles. The van der Waals surface area contributed by atoms with Crippen LogP contribution >= 0.6 is 11.6 Å². The van der Waals surface area contributed by atoms with Gasteiger partial charge in [0.15, 0.2) is 0 Å². The molecule has 2 aromatic rings. The molecule has 1 aliphatic rings. The van der Waals surface area contributed by atoms with Crippen LogP contribution in [-0.2, 0) is 4.79 Å². The SMILES string of the molecule is CC1(C(=O)O)CCN(C(=O)c2cc3ccc(Cl)cc3[nH]2)C1. The molecule has 1 aromatic heterocycles. The van der Waals surface area contributed by atoms with Gasteiger partial charge in [0.1, 0.15) is 5.69 Å². The van der Waals surface area contributed by atoms with Gasteiger partial charge in [-0.15, -0.1) is 0 Å². The Kier molecular flexibility index (Phi) is 3.17. The first-order valence-corrected chi connectivity index (χ1v) is 7.08. The topological polar surface area (TPSA) is 73.4 Å². The summed E-state index contributed by atoms with van der Waals surface area (Å²) in [5.41, 5.74) is 0.401. The highest BCUT2D eigenvalue weighted by atomic mass is 35.5. The van der Waals surface area contributed by atoms with Gasteiger partial charge in [-0.1, -0.05) is 17.7 Å². The first-order chi connectivity index (χ1) is 9.89. The second-order valence-electron chi connectivity index (χ2n) is 5.76. The Morgan fingerprint density at radius 2 is 2.14 bits per heavy atom. The normalized spacial score (nSPS) is 21.9. The van der Waals surface area contributed by atoms with Crippen LogP contribution in [0.3, 0.4) is 0 Å². The third-order valence-corrected chi connectivity index (χ3v) is 4.33. The Morgan fingerprint density at radius 3 is 2.81 bits per heavy atom. The number of benzene rings is 1. The van der Waals surface area contributed by atoms with E-state index < -0.39 is 11.4 Å². The molecule has 6 heteroatoms. The van der Waals surface area contributed by atoms with Crippen molar-refractivity contribution in [1.82, 2.24) is 9.88 Å². The average Bonchev–Trinajstić information content (AvgIpc) is 3.02. The second kappa shape index (κ2) is 4.77. The predicted molar refractivity (Wildman–Crippen MR) is 79.6 cm³/mol. The number of rotatable bonds is 2. The zero-order valence-electron chi connectivity index (χ0n) is 11.5. The highest BCUT2D eigenvalue weighted by molar-refractivity contribution is 6.31. The van der Waals surface area contributed by atoms with Crippen molar-refractivity contribution < 1.29 is 14.7 Å². The van der Waals surface area contributed by atoms with Crippen LogP contribution < -0.4 is 0 Å². The minimum absolute atomic E-state index is 0.174. The van der Waals surface area contributed by atoms with E-state index in [1.807, 2.05) is 6.07 Å². The lowest BCUT2D eigenvalue weighted by molar-refractivity contribution is -0.147. The Hall–Kier alpha value is -2.01. The van der Waals surface area contributed by atoms with Gasteiger partial charge in [-0.3, -0.25) is 9.59 Å². The number of amides is 1. The molecule has 5 nitrogen and oxygen atoms in total. The van der Waals surface area contributed by atoms with Crippen LogP contribution in [0.5, 0.6) is 0 Å². The van der Waals surface area contributed by atoms with Crippen LogP contribution in [0, 0.1) is 5.41 Å². The van der Waals surface area contributed by atoms with E-state index in [-0.39, 0.29) is 12.5 Å². The summed E-state index contributed by atoms with van der Waals surface area (Å²) in [5, 5.41) is 10.7. The monoisotopic (exact) mass is 306 g/mol. The van der Waals surface area contributed by atoms with Gasteiger partial charge < -0.3 is 15.0 Å². The van der Waals surface area contributed by atoms with Crippen LogP contribution in [-0.4, -0.2) is 40.0 Å². The molecule has 0 spiro atoms. The third kappa shape index (κ3) is 2.38. The fourth-order valence-electron chi connectivity index (χ4n) is 2.69. The molecule has 1 amide bonds. The summed E-state index contributed by atoms with van der Waals surface area (Å²) in [6.45, 7) is 2.36. The fourth-order valence-corrected chi connectivity index (χ4v) is 2.87. The van der Waals surface area contributed by atoms with Gasteiger partial charge in [-0.25, -0.2) is 0 Å². The van der Waals surface area contributed by atoms with Gasteiger partial charge in [0.05, 0.1) is 5.41 Å². The van der Waals surface area contributed by atoms with Crippen molar-refractivity contribution in [2.75, 3.05) is 13.1 Å². The number of carboxylic acid groups (broad SMARTS) is 1.